The molecule has 1 aliphatic carbocycles. The molecule has 1 fully saturated rings. The number of nitriles is 2. The summed E-state index contributed by atoms with van der Waals surface area (Å²) in [7, 11) is 1.60. The second-order valence-corrected chi connectivity index (χ2v) is 9.17. The fourth-order valence-electron chi connectivity index (χ4n) is 4.07. The van der Waals surface area contributed by atoms with Gasteiger partial charge in [-0.25, -0.2) is 4.99 Å². The van der Waals surface area contributed by atoms with Crippen LogP contribution in [0.5, 0.6) is 5.75 Å². The van der Waals surface area contributed by atoms with Crippen LogP contribution in [0.2, 0.25) is 0 Å². The monoisotopic (exact) mass is 372 g/mol. The summed E-state index contributed by atoms with van der Waals surface area (Å²) in [6, 6.07) is 12.4. The molecule has 130 valence electrons. The maximum absolute atomic E-state index is 10.2. The largest absolute Gasteiger partial charge is 0.497 e. The lowest BCUT2D eigenvalue weighted by atomic mass is 9.97. The molecule has 2 aliphatic rings. The Hall–Kier alpha value is -1.83. The Morgan fingerprint density at radius 3 is 2.44 bits per heavy atom. The minimum absolute atomic E-state index is 0.284. The first-order chi connectivity index (χ1) is 12.0. The Morgan fingerprint density at radius 1 is 1.24 bits per heavy atom. The van der Waals surface area contributed by atoms with E-state index in [2.05, 4.69) is 17.1 Å². The summed E-state index contributed by atoms with van der Waals surface area (Å²) in [5.41, 5.74) is 5.14. The first kappa shape index (κ1) is 18.0. The van der Waals surface area contributed by atoms with E-state index in [0.29, 0.717) is 5.75 Å². The summed E-state index contributed by atoms with van der Waals surface area (Å²) >= 11 is 3.20. The SMILES string of the molecule is CCSC1(SCC)N=C(N)[C@]2(C#N)[C@@H](c3cccc(OC)c3)[C@@]12C#N. The third kappa shape index (κ3) is 2.00. The number of nitrogens with two attached hydrogens (primary N) is 1. The lowest BCUT2D eigenvalue weighted by molar-refractivity contribution is 0.414. The number of hydrogen-bond acceptors (Lipinski definition) is 7. The van der Waals surface area contributed by atoms with Gasteiger partial charge in [0, 0.05) is 5.92 Å². The van der Waals surface area contributed by atoms with Crippen molar-refractivity contribution in [3.8, 4) is 17.9 Å². The van der Waals surface area contributed by atoms with Crippen LogP contribution in [-0.4, -0.2) is 28.7 Å². The fourth-order valence-corrected chi connectivity index (χ4v) is 7.32. The van der Waals surface area contributed by atoms with Gasteiger partial charge >= 0.3 is 0 Å². The Balaban J connectivity index is 2.21. The van der Waals surface area contributed by atoms with Crippen molar-refractivity contribution in [2.45, 2.75) is 24.0 Å². The molecular weight excluding hydrogens is 352 g/mol. The van der Waals surface area contributed by atoms with Crippen LogP contribution in [0, 0.1) is 33.5 Å². The van der Waals surface area contributed by atoms with Gasteiger partial charge in [0.25, 0.3) is 0 Å². The molecule has 1 aromatic rings. The van der Waals surface area contributed by atoms with E-state index in [1.165, 1.54) is 0 Å². The fraction of sp³-hybridized carbons (Fsp3) is 0.500. The third-order valence-electron chi connectivity index (χ3n) is 5.03. The molecular formula is C18H20N4OS2. The second kappa shape index (κ2) is 6.16. The molecule has 0 radical (unpaired) electrons. The Labute approximate surface area is 156 Å². The number of hydrogen-bond donors (Lipinski definition) is 1. The molecule has 2 N–H and O–H groups in total. The summed E-state index contributed by atoms with van der Waals surface area (Å²) in [5, 5.41) is 20.3. The number of aliphatic imine (C=N–C) groups is 1. The van der Waals surface area contributed by atoms with Crippen LogP contribution in [0.3, 0.4) is 0 Å². The normalized spacial score (nSPS) is 31.4. The molecule has 7 heteroatoms. The topological polar surface area (TPSA) is 95.2 Å². The van der Waals surface area contributed by atoms with Crippen LogP contribution in [0.4, 0.5) is 0 Å². The third-order valence-corrected chi connectivity index (χ3v) is 7.93. The number of amidine groups is 1. The Kier molecular flexibility index (Phi) is 4.43. The molecule has 0 amide bonds. The highest BCUT2D eigenvalue weighted by atomic mass is 32.2. The smallest absolute Gasteiger partial charge is 0.175 e. The number of rotatable bonds is 6. The Bertz CT molecular complexity index is 806. The van der Waals surface area contributed by atoms with E-state index in [1.54, 1.807) is 30.6 Å². The van der Waals surface area contributed by atoms with Crippen LogP contribution in [0.25, 0.3) is 0 Å². The minimum atomic E-state index is -1.07. The van der Waals surface area contributed by atoms with E-state index in [0.717, 1.165) is 17.1 Å². The standard InChI is InChI=1S/C18H20N4OS2/c1-4-24-18(25-5-2)17(11-20)14(16(17,10-19)15(21)22-18)12-7-6-8-13(9-12)23-3/h6-9,14H,4-5H2,1-3H3,(H2,21,22)/t14-,16+,17-/m1/s1. The molecule has 1 aromatic carbocycles. The van der Waals surface area contributed by atoms with Crippen molar-refractivity contribution in [2.24, 2.45) is 21.6 Å². The number of ether oxygens (including phenoxy) is 1. The zero-order valence-corrected chi connectivity index (χ0v) is 16.1. The average molecular weight is 373 g/mol. The number of thioether (sulfide) groups is 2. The van der Waals surface area contributed by atoms with Crippen molar-refractivity contribution >= 4 is 29.4 Å². The molecule has 0 unspecified atom stereocenters. The molecule has 0 spiro atoms. The maximum Gasteiger partial charge on any atom is 0.175 e. The van der Waals surface area contributed by atoms with Gasteiger partial charge in [-0.15, -0.1) is 23.5 Å². The van der Waals surface area contributed by atoms with E-state index in [9.17, 15) is 10.5 Å². The van der Waals surface area contributed by atoms with Gasteiger partial charge in [0.05, 0.1) is 19.2 Å². The number of nitrogens with zero attached hydrogens (tertiary/aromatic N) is 3. The van der Waals surface area contributed by atoms with Gasteiger partial charge in [0.1, 0.15) is 22.4 Å². The van der Waals surface area contributed by atoms with E-state index in [4.69, 9.17) is 10.5 Å². The predicted molar refractivity (Wildman–Crippen MR) is 102 cm³/mol. The van der Waals surface area contributed by atoms with Crippen LogP contribution in [-0.2, 0) is 0 Å². The van der Waals surface area contributed by atoms with Crippen LogP contribution < -0.4 is 10.5 Å². The van der Waals surface area contributed by atoms with Gasteiger partial charge in [0.15, 0.2) is 4.20 Å². The average Bonchev–Trinajstić information content (AvgIpc) is 3.21. The summed E-state index contributed by atoms with van der Waals surface area (Å²) in [6.07, 6.45) is 0. The van der Waals surface area contributed by atoms with Crippen molar-refractivity contribution in [3.05, 3.63) is 29.8 Å². The number of methoxy groups -OCH3 is 1. The highest BCUT2D eigenvalue weighted by molar-refractivity contribution is 8.18. The van der Waals surface area contributed by atoms with Crippen molar-refractivity contribution in [2.75, 3.05) is 18.6 Å². The van der Waals surface area contributed by atoms with Gasteiger partial charge in [0.2, 0.25) is 0 Å². The van der Waals surface area contributed by atoms with Gasteiger partial charge in [-0.2, -0.15) is 10.5 Å². The predicted octanol–water partition coefficient (Wildman–Crippen LogP) is 3.34. The van der Waals surface area contributed by atoms with E-state index in [1.807, 2.05) is 38.1 Å². The highest BCUT2D eigenvalue weighted by Crippen LogP contribution is 2.85. The summed E-state index contributed by atoms with van der Waals surface area (Å²) < 4.78 is 4.57. The second-order valence-electron chi connectivity index (χ2n) is 5.99. The quantitative estimate of drug-likeness (QED) is 0.770. The van der Waals surface area contributed by atoms with Gasteiger partial charge in [-0.3, -0.25) is 0 Å². The molecule has 1 saturated carbocycles. The van der Waals surface area contributed by atoms with Crippen molar-refractivity contribution in [3.63, 3.8) is 0 Å². The summed E-state index contributed by atoms with van der Waals surface area (Å²) in [4.78, 5) is 4.68. The van der Waals surface area contributed by atoms with Crippen LogP contribution in [0.15, 0.2) is 29.3 Å². The lowest BCUT2D eigenvalue weighted by Crippen LogP contribution is -2.31. The van der Waals surface area contributed by atoms with Gasteiger partial charge in [-0.1, -0.05) is 26.0 Å². The summed E-state index contributed by atoms with van der Waals surface area (Å²) in [6.45, 7) is 4.07. The van der Waals surface area contributed by atoms with Crippen molar-refractivity contribution in [1.82, 2.24) is 0 Å². The van der Waals surface area contributed by atoms with Gasteiger partial charge in [-0.05, 0) is 29.2 Å². The van der Waals surface area contributed by atoms with Crippen LogP contribution >= 0.6 is 23.5 Å². The minimum Gasteiger partial charge on any atom is -0.497 e. The molecule has 1 heterocycles. The van der Waals surface area contributed by atoms with E-state index >= 15 is 0 Å². The van der Waals surface area contributed by atoms with E-state index < -0.39 is 15.0 Å². The molecule has 3 atom stereocenters. The number of benzene rings is 1. The molecule has 0 saturated heterocycles. The molecule has 0 aromatic heterocycles. The molecule has 1 aliphatic heterocycles. The van der Waals surface area contributed by atoms with Crippen LogP contribution in [0.1, 0.15) is 25.3 Å². The highest BCUT2D eigenvalue weighted by Gasteiger charge is 2.91. The zero-order chi connectivity index (χ0) is 18.3. The number of fused-ring (bicyclic) bond motifs is 1. The van der Waals surface area contributed by atoms with E-state index in [-0.39, 0.29) is 11.8 Å². The molecule has 5 nitrogen and oxygen atoms in total. The first-order valence-corrected chi connectivity index (χ1v) is 10.1. The van der Waals surface area contributed by atoms with Crippen molar-refractivity contribution < 1.29 is 4.74 Å². The lowest BCUT2D eigenvalue weighted by Gasteiger charge is -2.31. The van der Waals surface area contributed by atoms with Gasteiger partial charge < -0.3 is 10.5 Å². The molecule has 3 rings (SSSR count). The molecule has 0 bridgehead atoms. The first-order valence-electron chi connectivity index (χ1n) is 8.13. The zero-order valence-electron chi connectivity index (χ0n) is 14.4. The summed E-state index contributed by atoms with van der Waals surface area (Å²) in [5.74, 6) is 2.27. The maximum atomic E-state index is 10.2. The Morgan fingerprint density at radius 2 is 1.92 bits per heavy atom. The molecule has 25 heavy (non-hydrogen) atoms. The van der Waals surface area contributed by atoms with Crippen molar-refractivity contribution in [1.29, 1.82) is 10.5 Å².